The molecule has 94 valence electrons. The van der Waals surface area contributed by atoms with Crippen LogP contribution >= 0.6 is 0 Å². The van der Waals surface area contributed by atoms with Gasteiger partial charge in [0.05, 0.1) is 12.0 Å². The van der Waals surface area contributed by atoms with Crippen molar-refractivity contribution in [2.45, 2.75) is 37.8 Å². The van der Waals surface area contributed by atoms with Crippen LogP contribution in [-0.4, -0.2) is 42.0 Å². The number of nitriles is 1. The summed E-state index contributed by atoms with van der Waals surface area (Å²) < 4.78 is 0. The van der Waals surface area contributed by atoms with Crippen molar-refractivity contribution in [3.8, 4) is 6.07 Å². The van der Waals surface area contributed by atoms with Crippen LogP contribution in [0.1, 0.15) is 26.2 Å². The second kappa shape index (κ2) is 4.63. The molecule has 17 heavy (non-hydrogen) atoms. The number of amides is 1. The highest BCUT2D eigenvalue weighted by Crippen LogP contribution is 2.27. The molecule has 5 nitrogen and oxygen atoms in total. The summed E-state index contributed by atoms with van der Waals surface area (Å²) in [7, 11) is 0. The first kappa shape index (κ1) is 12.3. The monoisotopic (exact) mass is 236 g/mol. The molecule has 0 aliphatic carbocycles. The smallest absolute Gasteiger partial charge is 0.224 e. The Kier molecular flexibility index (Phi) is 3.36. The van der Waals surface area contributed by atoms with E-state index in [1.165, 1.54) is 0 Å². The predicted molar refractivity (Wildman–Crippen MR) is 63.9 cm³/mol. The average Bonchev–Trinajstić information content (AvgIpc) is 2.70. The van der Waals surface area contributed by atoms with Crippen molar-refractivity contribution in [2.24, 2.45) is 11.7 Å². The molecule has 0 aromatic carbocycles. The van der Waals surface area contributed by atoms with E-state index in [0.29, 0.717) is 12.5 Å². The maximum absolute atomic E-state index is 11.6. The van der Waals surface area contributed by atoms with Gasteiger partial charge in [0.15, 0.2) is 0 Å². The van der Waals surface area contributed by atoms with Gasteiger partial charge in [-0.05, 0) is 32.7 Å². The molecule has 3 unspecified atom stereocenters. The van der Waals surface area contributed by atoms with E-state index in [4.69, 9.17) is 11.0 Å². The number of rotatable bonds is 3. The second-order valence-electron chi connectivity index (χ2n) is 5.38. The lowest BCUT2D eigenvalue weighted by Crippen LogP contribution is -2.48. The van der Waals surface area contributed by atoms with Gasteiger partial charge in [-0.15, -0.1) is 0 Å². The summed E-state index contributed by atoms with van der Waals surface area (Å²) in [5.74, 6) is 0.338. The van der Waals surface area contributed by atoms with Gasteiger partial charge >= 0.3 is 0 Å². The van der Waals surface area contributed by atoms with Crippen molar-refractivity contribution in [3.63, 3.8) is 0 Å². The van der Waals surface area contributed by atoms with Gasteiger partial charge in [0.1, 0.15) is 5.54 Å². The molecule has 5 heteroatoms. The Labute approximate surface area is 102 Å². The van der Waals surface area contributed by atoms with Gasteiger partial charge in [0, 0.05) is 19.1 Å². The molecule has 2 aliphatic rings. The van der Waals surface area contributed by atoms with Crippen LogP contribution in [0.2, 0.25) is 0 Å². The first-order valence-corrected chi connectivity index (χ1v) is 6.25. The van der Waals surface area contributed by atoms with E-state index in [9.17, 15) is 4.79 Å². The lowest BCUT2D eigenvalue weighted by Gasteiger charge is -2.36. The van der Waals surface area contributed by atoms with Crippen molar-refractivity contribution in [1.29, 1.82) is 5.26 Å². The van der Waals surface area contributed by atoms with Gasteiger partial charge in [-0.25, -0.2) is 0 Å². The summed E-state index contributed by atoms with van der Waals surface area (Å²) in [6.07, 6.45) is 2.70. The molecule has 0 saturated carbocycles. The number of carbonyl (C=O) groups is 1. The molecule has 0 aromatic rings. The van der Waals surface area contributed by atoms with Crippen LogP contribution in [0.3, 0.4) is 0 Å². The third kappa shape index (κ3) is 2.59. The molecular formula is C12H20N4O. The number of nitrogens with one attached hydrogen (secondary N) is 1. The third-order valence-corrected chi connectivity index (χ3v) is 3.89. The Morgan fingerprint density at radius 2 is 2.47 bits per heavy atom. The van der Waals surface area contributed by atoms with E-state index < -0.39 is 5.54 Å². The summed E-state index contributed by atoms with van der Waals surface area (Å²) in [5, 5.41) is 11.8. The van der Waals surface area contributed by atoms with Crippen LogP contribution < -0.4 is 11.1 Å². The number of fused-ring (bicyclic) bond motifs is 1. The van der Waals surface area contributed by atoms with Crippen molar-refractivity contribution in [3.05, 3.63) is 0 Å². The predicted octanol–water partition coefficient (Wildman–Crippen LogP) is -0.172. The number of piperidine rings is 1. The van der Waals surface area contributed by atoms with E-state index in [1.807, 2.05) is 0 Å². The Morgan fingerprint density at radius 1 is 1.71 bits per heavy atom. The van der Waals surface area contributed by atoms with Crippen molar-refractivity contribution in [2.75, 3.05) is 19.6 Å². The maximum Gasteiger partial charge on any atom is 0.224 e. The van der Waals surface area contributed by atoms with Gasteiger partial charge in [0.25, 0.3) is 0 Å². The van der Waals surface area contributed by atoms with E-state index in [-0.39, 0.29) is 11.8 Å². The molecule has 2 fully saturated rings. The molecule has 2 heterocycles. The van der Waals surface area contributed by atoms with E-state index in [0.717, 1.165) is 32.5 Å². The highest BCUT2D eigenvalue weighted by Gasteiger charge is 2.40. The van der Waals surface area contributed by atoms with Crippen LogP contribution in [0.25, 0.3) is 0 Å². The van der Waals surface area contributed by atoms with Gasteiger partial charge in [-0.3, -0.25) is 9.69 Å². The van der Waals surface area contributed by atoms with Crippen molar-refractivity contribution < 1.29 is 4.79 Å². The molecule has 1 amide bonds. The maximum atomic E-state index is 11.6. The number of likely N-dealkylation sites (tertiary alicyclic amines) is 1. The Bertz CT molecular complexity index is 347. The Hall–Kier alpha value is -1.12. The van der Waals surface area contributed by atoms with E-state index >= 15 is 0 Å². The standard InChI is InChI=1S/C12H20N4O/c1-12(14,8-13)4-6-16-5-2-3-9-10(16)7-15-11(9)17/h9-10H,2-7,14H2,1H3,(H,15,17). The number of hydrogen-bond donors (Lipinski definition) is 2. The van der Waals surface area contributed by atoms with Crippen molar-refractivity contribution in [1.82, 2.24) is 10.2 Å². The van der Waals surface area contributed by atoms with Crippen LogP contribution in [0.4, 0.5) is 0 Å². The molecular weight excluding hydrogens is 216 g/mol. The number of nitrogens with zero attached hydrogens (tertiary/aromatic N) is 2. The normalized spacial score (nSPS) is 32.4. The minimum absolute atomic E-state index is 0.148. The van der Waals surface area contributed by atoms with E-state index in [1.54, 1.807) is 6.92 Å². The molecule has 3 atom stereocenters. The lowest BCUT2D eigenvalue weighted by atomic mass is 9.90. The molecule has 2 aliphatic heterocycles. The molecule has 0 aromatic heterocycles. The largest absolute Gasteiger partial charge is 0.354 e. The Morgan fingerprint density at radius 3 is 3.18 bits per heavy atom. The van der Waals surface area contributed by atoms with Gasteiger partial charge in [-0.2, -0.15) is 5.26 Å². The van der Waals surface area contributed by atoms with Crippen LogP contribution in [0.5, 0.6) is 0 Å². The minimum Gasteiger partial charge on any atom is -0.354 e. The molecule has 2 rings (SSSR count). The first-order chi connectivity index (χ1) is 8.03. The van der Waals surface area contributed by atoms with Crippen LogP contribution in [-0.2, 0) is 4.79 Å². The zero-order valence-electron chi connectivity index (χ0n) is 10.3. The summed E-state index contributed by atoms with van der Waals surface area (Å²) in [5.41, 5.74) is 5.07. The quantitative estimate of drug-likeness (QED) is 0.712. The SMILES string of the molecule is CC(N)(C#N)CCN1CCCC2C(=O)NCC21. The van der Waals surface area contributed by atoms with Gasteiger partial charge in [0.2, 0.25) is 5.91 Å². The number of carbonyl (C=O) groups excluding carboxylic acids is 1. The van der Waals surface area contributed by atoms with Gasteiger partial charge in [-0.1, -0.05) is 0 Å². The van der Waals surface area contributed by atoms with Crippen LogP contribution in [0, 0.1) is 17.2 Å². The van der Waals surface area contributed by atoms with Crippen molar-refractivity contribution >= 4 is 5.91 Å². The molecule has 0 spiro atoms. The minimum atomic E-state index is -0.761. The third-order valence-electron chi connectivity index (χ3n) is 3.89. The molecule has 3 N–H and O–H groups in total. The fourth-order valence-electron chi connectivity index (χ4n) is 2.75. The average molecular weight is 236 g/mol. The van der Waals surface area contributed by atoms with Crippen LogP contribution in [0.15, 0.2) is 0 Å². The first-order valence-electron chi connectivity index (χ1n) is 6.25. The molecule has 2 saturated heterocycles. The second-order valence-corrected chi connectivity index (χ2v) is 5.38. The fourth-order valence-corrected chi connectivity index (χ4v) is 2.75. The summed E-state index contributed by atoms with van der Waals surface area (Å²) in [6.45, 7) is 4.32. The summed E-state index contributed by atoms with van der Waals surface area (Å²) in [6, 6.07) is 2.43. The number of hydrogen-bond acceptors (Lipinski definition) is 4. The van der Waals surface area contributed by atoms with E-state index in [2.05, 4.69) is 16.3 Å². The van der Waals surface area contributed by atoms with Gasteiger partial charge < -0.3 is 11.1 Å². The topological polar surface area (TPSA) is 82.2 Å². The zero-order chi connectivity index (χ0) is 12.5. The Balaban J connectivity index is 1.93. The lowest BCUT2D eigenvalue weighted by molar-refractivity contribution is -0.124. The number of nitrogens with two attached hydrogens (primary N) is 1. The highest BCUT2D eigenvalue weighted by molar-refractivity contribution is 5.82. The molecule has 0 bridgehead atoms. The summed E-state index contributed by atoms with van der Waals surface area (Å²) >= 11 is 0. The molecule has 0 radical (unpaired) electrons. The highest BCUT2D eigenvalue weighted by atomic mass is 16.2. The fraction of sp³-hybridized carbons (Fsp3) is 0.833. The zero-order valence-corrected chi connectivity index (χ0v) is 10.3. The summed E-state index contributed by atoms with van der Waals surface area (Å²) in [4.78, 5) is 13.9.